The van der Waals surface area contributed by atoms with Crippen LogP contribution in [0.2, 0.25) is 0 Å². The number of benzene rings is 11. The molecule has 18 rings (SSSR count). The second kappa shape index (κ2) is 20.4. The summed E-state index contributed by atoms with van der Waals surface area (Å²) >= 11 is 0. The van der Waals surface area contributed by atoms with Crippen LogP contribution >= 0.6 is 0 Å². The van der Waals surface area contributed by atoms with Gasteiger partial charge in [-0.15, -0.1) is 0 Å². The molecule has 4 aliphatic rings. The van der Waals surface area contributed by atoms with E-state index in [1.54, 1.807) is 0 Å². The van der Waals surface area contributed by atoms with E-state index in [1.165, 1.54) is 191 Å². The summed E-state index contributed by atoms with van der Waals surface area (Å²) in [5.74, 6) is 1.70. The molecule has 0 amide bonds. The average molecular weight is 1120 g/mol. The second-order valence-electron chi connectivity index (χ2n) is 25.2. The van der Waals surface area contributed by atoms with Gasteiger partial charge < -0.3 is 9.13 Å². The fourth-order valence-electron chi connectivity index (χ4n) is 16.2. The van der Waals surface area contributed by atoms with Gasteiger partial charge in [-0.25, -0.2) is 9.97 Å². The van der Waals surface area contributed by atoms with Crippen molar-refractivity contribution in [1.82, 2.24) is 19.1 Å². The lowest BCUT2D eigenvalue weighted by Crippen LogP contribution is -2.59. The molecular formula is C82H63BN4. The summed E-state index contributed by atoms with van der Waals surface area (Å²) in [6.07, 6.45) is 12.6. The van der Waals surface area contributed by atoms with E-state index in [-0.39, 0.29) is 6.71 Å². The zero-order valence-corrected chi connectivity index (χ0v) is 48.8. The highest BCUT2D eigenvalue weighted by atomic mass is 15.0. The molecule has 14 aromatic rings. The number of rotatable bonds is 9. The monoisotopic (exact) mass is 1110 g/mol. The van der Waals surface area contributed by atoms with E-state index in [2.05, 4.69) is 258 Å². The van der Waals surface area contributed by atoms with Gasteiger partial charge in [-0.05, 0) is 164 Å². The number of aromatic nitrogens is 4. The Hall–Kier alpha value is -9.84. The van der Waals surface area contributed by atoms with Crippen molar-refractivity contribution in [2.45, 2.75) is 76.0 Å². The maximum Gasteiger partial charge on any atom is 0.252 e. The number of hydrogen-bond acceptors (Lipinski definition) is 2. The molecule has 0 saturated heterocycles. The van der Waals surface area contributed by atoms with Gasteiger partial charge in [0.2, 0.25) is 0 Å². The quantitative estimate of drug-likeness (QED) is 0.135. The summed E-state index contributed by atoms with van der Waals surface area (Å²) in [6, 6.07) is 93.8. The smallest absolute Gasteiger partial charge is 0.252 e. The van der Waals surface area contributed by atoms with E-state index >= 15 is 0 Å². The minimum atomic E-state index is -0.0533. The molecule has 4 nitrogen and oxygen atoms in total. The van der Waals surface area contributed by atoms with Crippen LogP contribution in [-0.4, -0.2) is 25.8 Å². The van der Waals surface area contributed by atoms with E-state index < -0.39 is 0 Å². The van der Waals surface area contributed by atoms with Crippen molar-refractivity contribution in [2.75, 3.05) is 0 Å². The van der Waals surface area contributed by atoms with Gasteiger partial charge >= 0.3 is 0 Å². The van der Waals surface area contributed by atoms with Crippen LogP contribution in [0.25, 0.3) is 133 Å². The average Bonchev–Trinajstić information content (AvgIpc) is 1.59. The van der Waals surface area contributed by atoms with Crippen molar-refractivity contribution in [3.8, 4) is 89.8 Å². The van der Waals surface area contributed by atoms with Crippen LogP contribution < -0.4 is 16.4 Å². The van der Waals surface area contributed by atoms with E-state index in [0.29, 0.717) is 17.7 Å². The highest BCUT2D eigenvalue weighted by molar-refractivity contribution is 7.00. The lowest BCUT2D eigenvalue weighted by Gasteiger charge is -2.35. The van der Waals surface area contributed by atoms with Gasteiger partial charge in [-0.3, -0.25) is 0 Å². The van der Waals surface area contributed by atoms with Crippen molar-refractivity contribution in [3.63, 3.8) is 0 Å². The molecule has 3 aromatic heterocycles. The van der Waals surface area contributed by atoms with E-state index in [9.17, 15) is 0 Å². The lowest BCUT2D eigenvalue weighted by atomic mass is 9.34. The Morgan fingerprint density at radius 3 is 1.13 bits per heavy atom. The van der Waals surface area contributed by atoms with Crippen LogP contribution in [0.15, 0.2) is 249 Å². The first-order chi connectivity index (χ1) is 43.1. The standard InChI is InChI=1S/C82H63BN4/c1-9-25-52(26-10-1)60-43-67-77-65(56-33-17-5-18-34-56)41-62(54-29-13-3-14-30-54)47-73(77)86-75-49-64(72-51-71(58-37-21-7-22-38-58)84-82(85-72)59-39-23-8-24-40-59)50-76-79(75)83(69(45-60)80(67)86)70-46-61(53-27-11-2-12-28-53)44-68-78-66(57-35-19-6-20-36-57)42-63(55-31-15-4-16-32-55)48-74(78)87(76)81(68)70/h3-8,13-24,29-53H,1-2,9-12,25-28H2. The van der Waals surface area contributed by atoms with Crippen molar-refractivity contribution in [3.05, 3.63) is 260 Å². The third kappa shape index (κ3) is 8.19. The van der Waals surface area contributed by atoms with E-state index in [1.807, 2.05) is 0 Å². The summed E-state index contributed by atoms with van der Waals surface area (Å²) in [5.41, 5.74) is 29.4. The molecular weight excluding hydrogens is 1050 g/mol. The number of fused-ring (bicyclic) bond motifs is 10. The molecule has 87 heavy (non-hydrogen) atoms. The third-order valence-corrected chi connectivity index (χ3v) is 20.2. The van der Waals surface area contributed by atoms with Gasteiger partial charge in [0.1, 0.15) is 0 Å². The molecule has 414 valence electrons. The van der Waals surface area contributed by atoms with Gasteiger partial charge in [0, 0.05) is 60.6 Å². The van der Waals surface area contributed by atoms with Crippen molar-refractivity contribution < 1.29 is 0 Å². The molecule has 2 fully saturated rings. The zero-order chi connectivity index (χ0) is 57.1. The molecule has 2 saturated carbocycles. The molecule has 0 atom stereocenters. The number of hydrogen-bond donors (Lipinski definition) is 0. The van der Waals surface area contributed by atoms with Gasteiger partial charge in [-0.2, -0.15) is 0 Å². The summed E-state index contributed by atoms with van der Waals surface area (Å²) in [7, 11) is 0. The molecule has 0 radical (unpaired) electrons. The van der Waals surface area contributed by atoms with E-state index in [4.69, 9.17) is 9.97 Å². The summed E-state index contributed by atoms with van der Waals surface area (Å²) in [6.45, 7) is -0.0533. The Morgan fingerprint density at radius 1 is 0.322 bits per heavy atom. The highest BCUT2D eigenvalue weighted by Crippen LogP contribution is 2.49. The summed E-state index contributed by atoms with van der Waals surface area (Å²) in [4.78, 5) is 11.0. The minimum Gasteiger partial charge on any atom is -0.310 e. The normalized spacial score (nSPS) is 14.8. The first-order valence-corrected chi connectivity index (χ1v) is 31.9. The van der Waals surface area contributed by atoms with Gasteiger partial charge in [0.15, 0.2) is 5.82 Å². The van der Waals surface area contributed by atoms with Crippen LogP contribution in [0, 0.1) is 0 Å². The lowest BCUT2D eigenvalue weighted by molar-refractivity contribution is 0.444. The Kier molecular flexibility index (Phi) is 11.8. The minimum absolute atomic E-state index is 0.0533. The van der Waals surface area contributed by atoms with E-state index in [0.717, 1.165) is 28.1 Å². The van der Waals surface area contributed by atoms with Crippen LogP contribution in [0.4, 0.5) is 0 Å². The predicted octanol–water partition coefficient (Wildman–Crippen LogP) is 19.6. The van der Waals surface area contributed by atoms with Gasteiger partial charge in [-0.1, -0.05) is 233 Å². The summed E-state index contributed by atoms with van der Waals surface area (Å²) < 4.78 is 5.45. The zero-order valence-electron chi connectivity index (χ0n) is 48.8. The first kappa shape index (κ1) is 50.5. The Morgan fingerprint density at radius 2 is 0.701 bits per heavy atom. The predicted molar refractivity (Wildman–Crippen MR) is 365 cm³/mol. The fourth-order valence-corrected chi connectivity index (χ4v) is 16.2. The molecule has 0 N–H and O–H groups in total. The largest absolute Gasteiger partial charge is 0.310 e. The number of nitrogens with zero attached hydrogens (tertiary/aromatic N) is 4. The topological polar surface area (TPSA) is 35.6 Å². The Labute approximate surface area is 508 Å². The van der Waals surface area contributed by atoms with Gasteiger partial charge in [0.25, 0.3) is 6.71 Å². The molecule has 2 aliphatic carbocycles. The van der Waals surface area contributed by atoms with Crippen LogP contribution in [0.3, 0.4) is 0 Å². The molecule has 0 bridgehead atoms. The molecule has 5 heteroatoms. The molecule has 0 spiro atoms. The molecule has 2 aliphatic heterocycles. The van der Waals surface area contributed by atoms with Crippen LogP contribution in [-0.2, 0) is 0 Å². The van der Waals surface area contributed by atoms with Crippen molar-refractivity contribution in [1.29, 1.82) is 0 Å². The molecule has 11 aromatic carbocycles. The Bertz CT molecular complexity index is 4710. The SMILES string of the molecule is c1ccc(-c2cc(-c3ccccc3)c3c4cc(C5CCCCC5)cc5c4n(c3c2)-c2cc(-c3cc(-c4ccccc4)nc(-c4ccccc4)n3)cc3c2B5c2cc(C4CCCCC4)cc4c5c(-c6ccccc6)cc(-c6ccccc6)cc5n-3c24)cc1. The molecule has 5 heterocycles. The maximum atomic E-state index is 5.66. The fraction of sp³-hybridized carbons (Fsp3) is 0.146. The van der Waals surface area contributed by atoms with Crippen molar-refractivity contribution in [2.24, 2.45) is 0 Å². The highest BCUT2D eigenvalue weighted by Gasteiger charge is 2.43. The van der Waals surface area contributed by atoms with Crippen LogP contribution in [0.5, 0.6) is 0 Å². The molecule has 0 unspecified atom stereocenters. The van der Waals surface area contributed by atoms with Gasteiger partial charge in [0.05, 0.1) is 22.4 Å². The second-order valence-corrected chi connectivity index (χ2v) is 25.2. The summed E-state index contributed by atoms with van der Waals surface area (Å²) in [5, 5.41) is 5.34. The first-order valence-electron chi connectivity index (χ1n) is 31.9. The Balaban J connectivity index is 1.04. The maximum absolute atomic E-state index is 5.66. The van der Waals surface area contributed by atoms with Crippen LogP contribution in [0.1, 0.15) is 87.2 Å². The van der Waals surface area contributed by atoms with Crippen molar-refractivity contribution >= 4 is 66.7 Å². The third-order valence-electron chi connectivity index (χ3n) is 20.2.